The Hall–Kier alpha value is -3.43. The lowest BCUT2D eigenvalue weighted by atomic mass is 10.1. The van der Waals surface area contributed by atoms with E-state index in [9.17, 15) is 14.4 Å². The first-order chi connectivity index (χ1) is 19.0. The highest BCUT2D eigenvalue weighted by Crippen LogP contribution is 2.20. The summed E-state index contributed by atoms with van der Waals surface area (Å²) in [7, 11) is 3.05. The van der Waals surface area contributed by atoms with Gasteiger partial charge in [-0.1, -0.05) is 25.7 Å². The van der Waals surface area contributed by atoms with Crippen LogP contribution in [0.3, 0.4) is 0 Å². The summed E-state index contributed by atoms with van der Waals surface area (Å²) in [5.74, 6) is -0.694. The summed E-state index contributed by atoms with van der Waals surface area (Å²) in [4.78, 5) is 38.8. The number of hydrogen-bond acceptors (Lipinski definition) is 7. The lowest BCUT2D eigenvalue weighted by molar-refractivity contribution is 0.0600. The third-order valence-electron chi connectivity index (χ3n) is 6.88. The molecule has 0 unspecified atom stereocenters. The van der Waals surface area contributed by atoms with Gasteiger partial charge in [0.1, 0.15) is 11.9 Å². The van der Waals surface area contributed by atoms with Gasteiger partial charge in [0.25, 0.3) is 11.8 Å². The molecule has 0 aromatic heterocycles. The molecule has 3 rings (SSSR count). The molecule has 0 aliphatic carbocycles. The highest BCUT2D eigenvalue weighted by molar-refractivity contribution is 5.99. The Morgan fingerprint density at radius 2 is 1.26 bits per heavy atom. The van der Waals surface area contributed by atoms with Crippen LogP contribution in [-0.4, -0.2) is 69.2 Å². The predicted octanol–water partition coefficient (Wildman–Crippen LogP) is 4.38. The molecule has 1 heterocycles. The number of unbranched alkanes of at least 4 members (excludes halogenated alkanes) is 5. The Balaban J connectivity index is 1.32. The Morgan fingerprint density at radius 3 is 1.82 bits per heavy atom. The fourth-order valence-corrected chi connectivity index (χ4v) is 4.55. The van der Waals surface area contributed by atoms with E-state index < -0.39 is 17.8 Å². The van der Waals surface area contributed by atoms with Crippen molar-refractivity contribution in [3.05, 3.63) is 65.2 Å². The Morgan fingerprint density at radius 1 is 0.744 bits per heavy atom. The molecule has 1 aliphatic rings. The smallest absolute Gasteiger partial charge is 0.337 e. The van der Waals surface area contributed by atoms with Crippen molar-refractivity contribution in [3.8, 4) is 5.75 Å². The zero-order valence-corrected chi connectivity index (χ0v) is 23.1. The number of methoxy groups -OCH3 is 2. The zero-order chi connectivity index (χ0) is 27.9. The second-order valence-electron chi connectivity index (χ2n) is 9.77. The average molecular weight is 540 g/mol. The lowest BCUT2D eigenvalue weighted by Crippen LogP contribution is -2.41. The average Bonchev–Trinajstić information content (AvgIpc) is 2.98. The van der Waals surface area contributed by atoms with E-state index in [1.165, 1.54) is 63.5 Å². The maximum absolute atomic E-state index is 12.4. The summed E-state index contributed by atoms with van der Waals surface area (Å²) < 4.78 is 15.9. The van der Waals surface area contributed by atoms with Gasteiger partial charge in [-0.2, -0.15) is 0 Å². The molecule has 2 aromatic carbocycles. The molecule has 0 radical (unpaired) electrons. The standard InChI is InChI=1S/C30H41N3O6/c1-37-22-8-6-4-3-5-7-19-33-20-17-27(18-21-33)39-26-15-13-24(14-16-26)29(35)32-31-28(34)23-9-11-25(12-10-23)30(36)38-2/h9-16,27H,3-8,17-22H2,1-2H3,(H,31,34)(H,32,35). The molecule has 0 spiro atoms. The first-order valence-corrected chi connectivity index (χ1v) is 13.8. The SMILES string of the molecule is COCCCCCCCCN1CCC(Oc2ccc(C(=O)NNC(=O)c3ccc(C(=O)OC)cc3)cc2)CC1. The molecule has 9 nitrogen and oxygen atoms in total. The first-order valence-electron chi connectivity index (χ1n) is 13.8. The fraction of sp³-hybridized carbons (Fsp3) is 0.500. The Bertz CT molecular complexity index is 1030. The number of hydrazine groups is 1. The van der Waals surface area contributed by atoms with Crippen molar-refractivity contribution in [1.29, 1.82) is 0 Å². The molecule has 2 amide bonds. The van der Waals surface area contributed by atoms with E-state index in [4.69, 9.17) is 9.47 Å². The number of hydrogen-bond donors (Lipinski definition) is 2. The minimum Gasteiger partial charge on any atom is -0.490 e. The van der Waals surface area contributed by atoms with E-state index in [0.29, 0.717) is 16.7 Å². The summed E-state index contributed by atoms with van der Waals surface area (Å²) in [6.07, 6.45) is 9.71. The maximum Gasteiger partial charge on any atom is 0.337 e. The molecule has 39 heavy (non-hydrogen) atoms. The van der Waals surface area contributed by atoms with Gasteiger partial charge >= 0.3 is 5.97 Å². The Kier molecular flexibility index (Phi) is 12.8. The molecular formula is C30H41N3O6. The molecule has 9 heteroatoms. The lowest BCUT2D eigenvalue weighted by Gasteiger charge is -2.32. The number of amides is 2. The first kappa shape index (κ1) is 30.1. The van der Waals surface area contributed by atoms with Gasteiger partial charge in [-0.05, 0) is 80.8 Å². The van der Waals surface area contributed by atoms with Gasteiger partial charge in [-0.25, -0.2) is 4.79 Å². The summed E-state index contributed by atoms with van der Waals surface area (Å²) in [5, 5.41) is 0. The number of likely N-dealkylation sites (tertiary alicyclic amines) is 1. The third-order valence-corrected chi connectivity index (χ3v) is 6.88. The minimum atomic E-state index is -0.496. The van der Waals surface area contributed by atoms with E-state index in [0.717, 1.165) is 51.3 Å². The molecule has 1 aliphatic heterocycles. The number of benzene rings is 2. The van der Waals surface area contributed by atoms with Crippen molar-refractivity contribution in [1.82, 2.24) is 15.8 Å². The molecule has 2 N–H and O–H groups in total. The number of esters is 1. The number of ether oxygens (including phenoxy) is 3. The normalized spacial score (nSPS) is 14.0. The third kappa shape index (κ3) is 10.3. The number of carbonyl (C=O) groups excluding carboxylic acids is 3. The van der Waals surface area contributed by atoms with Crippen LogP contribution in [0.15, 0.2) is 48.5 Å². The summed E-state index contributed by atoms with van der Waals surface area (Å²) in [6.45, 7) is 4.12. The van der Waals surface area contributed by atoms with Crippen LogP contribution in [0.1, 0.15) is 82.4 Å². The van der Waals surface area contributed by atoms with Crippen molar-refractivity contribution < 1.29 is 28.6 Å². The number of carbonyl (C=O) groups is 3. The van der Waals surface area contributed by atoms with Crippen LogP contribution in [0, 0.1) is 0 Å². The molecule has 1 fully saturated rings. The molecular weight excluding hydrogens is 498 g/mol. The van der Waals surface area contributed by atoms with Gasteiger partial charge in [0.15, 0.2) is 0 Å². The van der Waals surface area contributed by atoms with Crippen LogP contribution in [0.2, 0.25) is 0 Å². The largest absolute Gasteiger partial charge is 0.490 e. The van der Waals surface area contributed by atoms with Gasteiger partial charge in [0.2, 0.25) is 0 Å². The zero-order valence-electron chi connectivity index (χ0n) is 23.1. The molecule has 212 valence electrons. The highest BCUT2D eigenvalue weighted by atomic mass is 16.5. The van der Waals surface area contributed by atoms with Crippen molar-refractivity contribution in [2.24, 2.45) is 0 Å². The van der Waals surface area contributed by atoms with Crippen LogP contribution in [0.4, 0.5) is 0 Å². The fourth-order valence-electron chi connectivity index (χ4n) is 4.55. The molecule has 2 aromatic rings. The van der Waals surface area contributed by atoms with Crippen LogP contribution in [0.5, 0.6) is 5.75 Å². The molecule has 0 bridgehead atoms. The van der Waals surface area contributed by atoms with E-state index in [1.807, 2.05) is 0 Å². The van der Waals surface area contributed by atoms with Crippen molar-refractivity contribution in [2.75, 3.05) is 40.5 Å². The second-order valence-corrected chi connectivity index (χ2v) is 9.77. The Labute approximate surface area is 231 Å². The van der Waals surface area contributed by atoms with Crippen molar-refractivity contribution in [2.45, 2.75) is 57.5 Å². The molecule has 0 atom stereocenters. The minimum absolute atomic E-state index is 0.173. The van der Waals surface area contributed by atoms with Gasteiger partial charge < -0.3 is 19.1 Å². The molecule has 1 saturated heterocycles. The van der Waals surface area contributed by atoms with Crippen LogP contribution < -0.4 is 15.6 Å². The number of piperidine rings is 1. The van der Waals surface area contributed by atoms with Crippen LogP contribution in [-0.2, 0) is 9.47 Å². The topological polar surface area (TPSA) is 106 Å². The summed E-state index contributed by atoms with van der Waals surface area (Å²) in [6, 6.07) is 12.8. The quantitative estimate of drug-likeness (QED) is 0.209. The van der Waals surface area contributed by atoms with Crippen molar-refractivity contribution >= 4 is 17.8 Å². The van der Waals surface area contributed by atoms with Gasteiger partial charge in [0, 0.05) is 37.9 Å². The van der Waals surface area contributed by atoms with Crippen molar-refractivity contribution in [3.63, 3.8) is 0 Å². The van der Waals surface area contributed by atoms with Gasteiger partial charge in [-0.15, -0.1) is 0 Å². The number of rotatable bonds is 14. The highest BCUT2D eigenvalue weighted by Gasteiger charge is 2.20. The molecule has 0 saturated carbocycles. The predicted molar refractivity (Wildman–Crippen MR) is 149 cm³/mol. The number of nitrogens with one attached hydrogen (secondary N) is 2. The monoisotopic (exact) mass is 539 g/mol. The maximum atomic E-state index is 12.4. The number of nitrogens with zero attached hydrogens (tertiary/aromatic N) is 1. The van der Waals surface area contributed by atoms with Crippen LogP contribution in [0.25, 0.3) is 0 Å². The van der Waals surface area contributed by atoms with E-state index in [2.05, 4.69) is 20.5 Å². The van der Waals surface area contributed by atoms with E-state index >= 15 is 0 Å². The van der Waals surface area contributed by atoms with E-state index in [-0.39, 0.29) is 6.10 Å². The summed E-state index contributed by atoms with van der Waals surface area (Å²) in [5.41, 5.74) is 5.82. The van der Waals surface area contributed by atoms with Gasteiger partial charge in [0.05, 0.1) is 12.7 Å². The van der Waals surface area contributed by atoms with Gasteiger partial charge in [-0.3, -0.25) is 20.4 Å². The van der Waals surface area contributed by atoms with Crippen LogP contribution >= 0.6 is 0 Å². The summed E-state index contributed by atoms with van der Waals surface area (Å²) >= 11 is 0. The second kappa shape index (κ2) is 16.5. The van der Waals surface area contributed by atoms with E-state index in [1.54, 1.807) is 31.4 Å².